The van der Waals surface area contributed by atoms with E-state index in [1.807, 2.05) is 0 Å². The number of hydrogen-bond acceptors (Lipinski definition) is 3. The van der Waals surface area contributed by atoms with Gasteiger partial charge in [-0.15, -0.1) is 0 Å². The van der Waals surface area contributed by atoms with Crippen LogP contribution < -0.4 is 5.32 Å². The molecule has 1 fully saturated rings. The number of carbonyl (C=O) groups excluding carboxylic acids is 1. The molecule has 0 aromatic rings. The van der Waals surface area contributed by atoms with Gasteiger partial charge in [-0.3, -0.25) is 4.79 Å². The third-order valence-corrected chi connectivity index (χ3v) is 2.82. The number of Topliss-reactive ketones (excluding diaryl/α,β-unsaturated/α-hetero) is 1. The molecule has 2 atom stereocenters. The lowest BCUT2D eigenvalue weighted by atomic mass is 9.79. The van der Waals surface area contributed by atoms with Crippen LogP contribution >= 0.6 is 0 Å². The van der Waals surface area contributed by atoms with Crippen LogP contribution in [0.5, 0.6) is 0 Å². The monoisotopic (exact) mass is 179 g/mol. The van der Waals surface area contributed by atoms with Crippen LogP contribution in [0.1, 0.15) is 12.8 Å². The molecule has 1 aliphatic heterocycles. The Hall–Kier alpha value is -1.09. The predicted molar refractivity (Wildman–Crippen MR) is 49.4 cm³/mol. The van der Waals surface area contributed by atoms with E-state index in [0.29, 0.717) is 18.2 Å². The molecule has 70 valence electrons. The molecule has 0 bridgehead atoms. The summed E-state index contributed by atoms with van der Waals surface area (Å²) in [5, 5.41) is 12.1. The minimum atomic E-state index is 0.0269. The number of rotatable bonds is 0. The highest BCUT2D eigenvalue weighted by Gasteiger charge is 2.33. The number of aliphatic hydroxyl groups is 1. The van der Waals surface area contributed by atoms with Crippen LogP contribution in [0.4, 0.5) is 0 Å². The molecule has 3 heteroatoms. The van der Waals surface area contributed by atoms with Gasteiger partial charge in [0.15, 0.2) is 5.78 Å². The molecule has 0 spiro atoms. The van der Waals surface area contributed by atoms with Gasteiger partial charge in [-0.1, -0.05) is 12.2 Å². The highest BCUT2D eigenvalue weighted by molar-refractivity contribution is 5.98. The van der Waals surface area contributed by atoms with Crippen molar-refractivity contribution in [1.82, 2.24) is 5.32 Å². The number of fused-ring (bicyclic) bond motifs is 1. The number of nitrogens with one attached hydrogen (secondary N) is 1. The highest BCUT2D eigenvalue weighted by Crippen LogP contribution is 2.29. The predicted octanol–water partition coefficient (Wildman–Crippen LogP) is 0.935. The molecule has 0 saturated carbocycles. The quantitative estimate of drug-likeness (QED) is 0.330. The van der Waals surface area contributed by atoms with Crippen molar-refractivity contribution < 1.29 is 9.90 Å². The van der Waals surface area contributed by atoms with Gasteiger partial charge in [-0.25, -0.2) is 0 Å². The molecular weight excluding hydrogens is 166 g/mol. The van der Waals surface area contributed by atoms with Crippen molar-refractivity contribution in [3.8, 4) is 0 Å². The van der Waals surface area contributed by atoms with Gasteiger partial charge in [-0.2, -0.15) is 0 Å². The molecule has 1 saturated heterocycles. The Kier molecular flexibility index (Phi) is 2.19. The molecule has 2 unspecified atom stereocenters. The third kappa shape index (κ3) is 1.40. The lowest BCUT2D eigenvalue weighted by molar-refractivity contribution is -0.116. The van der Waals surface area contributed by atoms with Crippen molar-refractivity contribution >= 4 is 5.78 Å². The first kappa shape index (κ1) is 8.51. The van der Waals surface area contributed by atoms with Crippen LogP contribution in [0.15, 0.2) is 24.0 Å². The van der Waals surface area contributed by atoms with Gasteiger partial charge in [0.2, 0.25) is 0 Å². The number of hydrogen-bond donors (Lipinski definition) is 2. The average molecular weight is 179 g/mol. The highest BCUT2D eigenvalue weighted by atomic mass is 16.2. The second kappa shape index (κ2) is 3.34. The summed E-state index contributed by atoms with van der Waals surface area (Å²) in [6.45, 7) is 0.362. The number of aliphatic hydroxyl groups excluding tert-OH is 1. The fourth-order valence-electron chi connectivity index (χ4n) is 2.08. The van der Waals surface area contributed by atoms with Crippen molar-refractivity contribution in [1.29, 1.82) is 0 Å². The first-order valence-electron chi connectivity index (χ1n) is 4.59. The number of carbonyl (C=O) groups is 1. The zero-order valence-corrected chi connectivity index (χ0v) is 7.36. The number of piperidine rings is 1. The molecule has 0 radical (unpaired) electrons. The van der Waals surface area contributed by atoms with Gasteiger partial charge in [0.1, 0.15) is 0 Å². The molecule has 1 aliphatic carbocycles. The maximum Gasteiger partial charge on any atom is 0.176 e. The largest absolute Gasteiger partial charge is 0.515 e. The fourth-order valence-corrected chi connectivity index (χ4v) is 2.08. The number of ketones is 1. The van der Waals surface area contributed by atoms with Crippen LogP contribution in [-0.4, -0.2) is 23.5 Å². The Balaban J connectivity index is 2.25. The number of allylic oxidation sites excluding steroid dienone is 1. The second-order valence-electron chi connectivity index (χ2n) is 3.54. The standard InChI is InChI=1S/C10H13NO2/c12-6-8-7-3-1-2-4-9(7)11-5-10(8)13/h1-2,6-7,9,11-12H,3-5H2. The van der Waals surface area contributed by atoms with Gasteiger partial charge >= 0.3 is 0 Å². The Bertz CT molecular complexity index is 281. The minimum Gasteiger partial charge on any atom is -0.515 e. The summed E-state index contributed by atoms with van der Waals surface area (Å²) in [4.78, 5) is 11.4. The molecule has 0 amide bonds. The van der Waals surface area contributed by atoms with E-state index >= 15 is 0 Å². The van der Waals surface area contributed by atoms with Crippen molar-refractivity contribution in [3.05, 3.63) is 24.0 Å². The molecule has 13 heavy (non-hydrogen) atoms. The van der Waals surface area contributed by atoms with E-state index in [0.717, 1.165) is 19.1 Å². The maximum atomic E-state index is 11.4. The molecule has 2 aliphatic rings. The normalized spacial score (nSPS) is 36.3. The lowest BCUT2D eigenvalue weighted by Gasteiger charge is -2.34. The summed E-state index contributed by atoms with van der Waals surface area (Å²) in [6, 6.07) is 0.334. The summed E-state index contributed by atoms with van der Waals surface area (Å²) in [5.41, 5.74) is 0.591. The summed E-state index contributed by atoms with van der Waals surface area (Å²) >= 11 is 0. The molecule has 2 N–H and O–H groups in total. The van der Waals surface area contributed by atoms with Crippen LogP contribution in [0, 0.1) is 5.92 Å². The molecular formula is C10H13NO2. The SMILES string of the molecule is O=C1CNC2CC=CCC2C1=CO. The van der Waals surface area contributed by atoms with Crippen molar-refractivity contribution in [2.45, 2.75) is 18.9 Å². The van der Waals surface area contributed by atoms with Crippen LogP contribution in [-0.2, 0) is 4.79 Å². The molecule has 2 rings (SSSR count). The van der Waals surface area contributed by atoms with Crippen LogP contribution in [0.3, 0.4) is 0 Å². The van der Waals surface area contributed by atoms with Gasteiger partial charge < -0.3 is 10.4 Å². The summed E-state index contributed by atoms with van der Waals surface area (Å²) in [5.74, 6) is 0.204. The Morgan fingerprint density at radius 3 is 3.00 bits per heavy atom. The second-order valence-corrected chi connectivity index (χ2v) is 3.54. The van der Waals surface area contributed by atoms with E-state index in [2.05, 4.69) is 17.5 Å². The van der Waals surface area contributed by atoms with E-state index in [4.69, 9.17) is 5.11 Å². The van der Waals surface area contributed by atoms with Gasteiger partial charge in [0.05, 0.1) is 12.8 Å². The topological polar surface area (TPSA) is 49.3 Å². The zero-order chi connectivity index (χ0) is 9.26. The summed E-state index contributed by atoms with van der Waals surface area (Å²) < 4.78 is 0. The zero-order valence-electron chi connectivity index (χ0n) is 7.36. The molecule has 1 heterocycles. The van der Waals surface area contributed by atoms with Gasteiger partial charge in [0.25, 0.3) is 0 Å². The van der Waals surface area contributed by atoms with E-state index < -0.39 is 0 Å². The van der Waals surface area contributed by atoms with E-state index in [1.54, 1.807) is 0 Å². The Labute approximate surface area is 77.1 Å². The van der Waals surface area contributed by atoms with E-state index in [9.17, 15) is 4.79 Å². The fraction of sp³-hybridized carbons (Fsp3) is 0.500. The molecule has 0 aromatic heterocycles. The minimum absolute atomic E-state index is 0.0269. The Morgan fingerprint density at radius 2 is 2.23 bits per heavy atom. The van der Waals surface area contributed by atoms with E-state index in [1.165, 1.54) is 0 Å². The summed E-state index contributed by atoms with van der Waals surface area (Å²) in [7, 11) is 0. The van der Waals surface area contributed by atoms with Crippen molar-refractivity contribution in [2.75, 3.05) is 6.54 Å². The summed E-state index contributed by atoms with van der Waals surface area (Å²) in [6.07, 6.45) is 7.00. The van der Waals surface area contributed by atoms with Crippen molar-refractivity contribution in [2.24, 2.45) is 5.92 Å². The van der Waals surface area contributed by atoms with Gasteiger partial charge in [0, 0.05) is 17.5 Å². The average Bonchev–Trinajstić information content (AvgIpc) is 2.18. The van der Waals surface area contributed by atoms with Gasteiger partial charge in [-0.05, 0) is 12.8 Å². The smallest absolute Gasteiger partial charge is 0.176 e. The lowest BCUT2D eigenvalue weighted by Crippen LogP contribution is -2.47. The maximum absolute atomic E-state index is 11.4. The Morgan fingerprint density at radius 1 is 1.46 bits per heavy atom. The molecule has 3 nitrogen and oxygen atoms in total. The third-order valence-electron chi connectivity index (χ3n) is 2.82. The van der Waals surface area contributed by atoms with Crippen molar-refractivity contribution in [3.63, 3.8) is 0 Å². The van der Waals surface area contributed by atoms with Crippen LogP contribution in [0.25, 0.3) is 0 Å². The first-order valence-corrected chi connectivity index (χ1v) is 4.59. The first-order chi connectivity index (χ1) is 6.33. The van der Waals surface area contributed by atoms with Crippen LogP contribution in [0.2, 0.25) is 0 Å². The van der Waals surface area contributed by atoms with E-state index in [-0.39, 0.29) is 11.7 Å². The molecule has 0 aromatic carbocycles.